The largest absolute Gasteiger partial charge is 0.406 e. The van der Waals surface area contributed by atoms with Gasteiger partial charge in [0.1, 0.15) is 12.4 Å². The summed E-state index contributed by atoms with van der Waals surface area (Å²) in [5, 5.41) is 5.53. The average molecular weight is 574 g/mol. The lowest BCUT2D eigenvalue weighted by molar-refractivity contribution is -0.140. The Balaban J connectivity index is 1.77. The molecule has 3 heterocycles. The lowest BCUT2D eigenvalue weighted by Crippen LogP contribution is -2.28. The summed E-state index contributed by atoms with van der Waals surface area (Å²) in [6.07, 6.45) is 1.35. The Morgan fingerprint density at radius 1 is 1.07 bits per heavy atom. The van der Waals surface area contributed by atoms with Gasteiger partial charge >= 0.3 is 11.9 Å². The van der Waals surface area contributed by atoms with Crippen molar-refractivity contribution in [2.24, 2.45) is 7.05 Å². The zero-order valence-corrected chi connectivity index (χ0v) is 23.6. The summed E-state index contributed by atoms with van der Waals surface area (Å²) in [7, 11) is 2.78. The molecule has 0 saturated heterocycles. The number of amides is 2. The number of allylic oxidation sites excluding steroid dienone is 4. The molecule has 0 radical (unpaired) electrons. The van der Waals surface area contributed by atoms with Crippen molar-refractivity contribution in [3.8, 4) is 0 Å². The van der Waals surface area contributed by atoms with Gasteiger partial charge in [-0.1, -0.05) is 31.6 Å². The predicted molar refractivity (Wildman–Crippen MR) is 153 cm³/mol. The molecule has 3 aromatic heterocycles. The van der Waals surface area contributed by atoms with Crippen molar-refractivity contribution in [3.63, 3.8) is 0 Å². The Hall–Kier alpha value is -4.06. The van der Waals surface area contributed by atoms with Crippen LogP contribution in [0.25, 0.3) is 27.5 Å². The number of halogens is 3. The SMILES string of the molecule is CC=C(C=C(CC)CC)c1ccc(C(=O)Nc2[nH]c3cc4c(cc3c2C(=O)NC)n(CC(F)(F)F)c(=O)n4C)s1. The van der Waals surface area contributed by atoms with Crippen LogP contribution in [0.15, 0.2) is 46.8 Å². The molecule has 0 fully saturated rings. The number of imidazole rings is 1. The van der Waals surface area contributed by atoms with Gasteiger partial charge < -0.3 is 15.6 Å². The van der Waals surface area contributed by atoms with Crippen LogP contribution in [-0.4, -0.2) is 39.2 Å². The summed E-state index contributed by atoms with van der Waals surface area (Å²) < 4.78 is 41.4. The number of benzene rings is 1. The van der Waals surface area contributed by atoms with Crippen molar-refractivity contribution in [1.82, 2.24) is 19.4 Å². The highest BCUT2D eigenvalue weighted by Crippen LogP contribution is 2.33. The van der Waals surface area contributed by atoms with E-state index in [2.05, 4.69) is 35.5 Å². The van der Waals surface area contributed by atoms with Crippen LogP contribution < -0.4 is 16.3 Å². The number of aryl methyl sites for hydroxylation is 1. The Labute approximate surface area is 232 Å². The molecular formula is C28H30F3N5O3S. The van der Waals surface area contributed by atoms with Crippen molar-refractivity contribution in [1.29, 1.82) is 0 Å². The third-order valence-corrected chi connectivity index (χ3v) is 7.92. The van der Waals surface area contributed by atoms with Crippen LogP contribution in [-0.2, 0) is 13.6 Å². The van der Waals surface area contributed by atoms with E-state index in [0.717, 1.165) is 27.9 Å². The number of alkyl halides is 3. The number of rotatable bonds is 8. The van der Waals surface area contributed by atoms with Crippen molar-refractivity contribution in [2.45, 2.75) is 46.3 Å². The summed E-state index contributed by atoms with van der Waals surface area (Å²) >= 11 is 1.31. The summed E-state index contributed by atoms with van der Waals surface area (Å²) in [6, 6.07) is 6.43. The molecule has 8 nitrogen and oxygen atoms in total. The van der Waals surface area contributed by atoms with E-state index in [1.165, 1.54) is 43.1 Å². The molecule has 2 amide bonds. The first-order valence-electron chi connectivity index (χ1n) is 12.7. The normalized spacial score (nSPS) is 12.2. The number of nitrogens with zero attached hydrogens (tertiary/aromatic N) is 2. The van der Waals surface area contributed by atoms with Gasteiger partial charge in [-0.2, -0.15) is 13.2 Å². The smallest absolute Gasteiger partial charge is 0.355 e. The minimum absolute atomic E-state index is 0.0210. The maximum absolute atomic E-state index is 13.2. The van der Waals surface area contributed by atoms with Gasteiger partial charge in [0.05, 0.1) is 27.0 Å². The molecule has 212 valence electrons. The molecule has 4 aromatic rings. The zero-order chi connectivity index (χ0) is 29.4. The van der Waals surface area contributed by atoms with Crippen molar-refractivity contribution < 1.29 is 22.8 Å². The van der Waals surface area contributed by atoms with Gasteiger partial charge in [-0.3, -0.25) is 18.7 Å². The highest BCUT2D eigenvalue weighted by molar-refractivity contribution is 7.15. The van der Waals surface area contributed by atoms with Crippen molar-refractivity contribution in [2.75, 3.05) is 12.4 Å². The Bertz CT molecular complexity index is 1730. The molecule has 0 aliphatic heterocycles. The molecule has 3 N–H and O–H groups in total. The fraction of sp³-hybridized carbons (Fsp3) is 0.321. The minimum atomic E-state index is -4.62. The molecule has 0 aliphatic carbocycles. The van der Waals surface area contributed by atoms with Crippen molar-refractivity contribution in [3.05, 3.63) is 67.8 Å². The quantitative estimate of drug-likeness (QED) is 0.219. The summed E-state index contributed by atoms with van der Waals surface area (Å²) in [6.45, 7) is 4.66. The van der Waals surface area contributed by atoms with Gasteiger partial charge in [0.15, 0.2) is 0 Å². The van der Waals surface area contributed by atoms with E-state index in [1.54, 1.807) is 6.07 Å². The first kappa shape index (κ1) is 28.9. The molecule has 1 aromatic carbocycles. The van der Waals surface area contributed by atoms with Crippen LogP contribution in [0.1, 0.15) is 58.5 Å². The number of anilines is 1. The number of fused-ring (bicyclic) bond motifs is 2. The van der Waals surface area contributed by atoms with Crippen LogP contribution in [0.2, 0.25) is 0 Å². The van der Waals surface area contributed by atoms with Gasteiger partial charge in [-0.15, -0.1) is 11.3 Å². The second-order valence-electron chi connectivity index (χ2n) is 9.26. The highest BCUT2D eigenvalue weighted by Gasteiger charge is 2.31. The van der Waals surface area contributed by atoms with Crippen LogP contribution >= 0.6 is 11.3 Å². The molecular weight excluding hydrogens is 543 g/mol. The lowest BCUT2D eigenvalue weighted by Gasteiger charge is -2.08. The Morgan fingerprint density at radius 3 is 2.35 bits per heavy atom. The van der Waals surface area contributed by atoms with Crippen LogP contribution in [0, 0.1) is 0 Å². The highest BCUT2D eigenvalue weighted by atomic mass is 32.1. The number of carbonyl (C=O) groups is 2. The van der Waals surface area contributed by atoms with E-state index >= 15 is 0 Å². The maximum Gasteiger partial charge on any atom is 0.406 e. The first-order chi connectivity index (χ1) is 18.9. The Morgan fingerprint density at radius 2 is 1.75 bits per heavy atom. The maximum atomic E-state index is 13.2. The number of thiophene rings is 1. The minimum Gasteiger partial charge on any atom is -0.355 e. The zero-order valence-electron chi connectivity index (χ0n) is 22.7. The Kier molecular flexibility index (Phi) is 8.10. The van der Waals surface area contributed by atoms with Gasteiger partial charge in [0.25, 0.3) is 11.8 Å². The number of aromatic amines is 1. The second kappa shape index (κ2) is 11.2. The fourth-order valence-corrected chi connectivity index (χ4v) is 5.59. The van der Waals surface area contributed by atoms with E-state index < -0.39 is 30.2 Å². The topological polar surface area (TPSA) is 101 Å². The molecule has 0 bridgehead atoms. The molecule has 0 unspecified atom stereocenters. The van der Waals surface area contributed by atoms with E-state index in [4.69, 9.17) is 0 Å². The number of H-pyrrole nitrogens is 1. The second-order valence-corrected chi connectivity index (χ2v) is 10.3. The fourth-order valence-electron chi connectivity index (χ4n) is 4.64. The van der Waals surface area contributed by atoms with Crippen LogP contribution in [0.4, 0.5) is 19.0 Å². The molecule has 4 rings (SSSR count). The first-order valence-corrected chi connectivity index (χ1v) is 13.5. The van der Waals surface area contributed by atoms with E-state index in [1.807, 2.05) is 19.1 Å². The van der Waals surface area contributed by atoms with Crippen molar-refractivity contribution >= 4 is 56.5 Å². The third kappa shape index (κ3) is 5.48. The van der Waals surface area contributed by atoms with Gasteiger partial charge in [-0.05, 0) is 49.6 Å². The molecule has 12 heteroatoms. The molecule has 0 atom stereocenters. The van der Waals surface area contributed by atoms with Gasteiger partial charge in [-0.25, -0.2) is 4.79 Å². The average Bonchev–Trinajstić information content (AvgIpc) is 3.59. The molecule has 40 heavy (non-hydrogen) atoms. The number of aromatic nitrogens is 3. The summed E-state index contributed by atoms with van der Waals surface area (Å²) in [5.74, 6) is -0.904. The predicted octanol–water partition coefficient (Wildman–Crippen LogP) is 6.21. The molecule has 0 saturated carbocycles. The standard InChI is InChI=1S/C28H30F3N5O3S/c1-6-15(7-2)11-16(8-3)21-9-10-22(40-21)25(37)34-24-23(26(38)32-4)17-12-20-19(13-18(17)33-24)35(5)27(39)36(20)14-28(29,30)31/h8-13,33H,6-7,14H2,1-5H3,(H,32,38)(H,34,37). The summed E-state index contributed by atoms with van der Waals surface area (Å²) in [4.78, 5) is 43.0. The van der Waals surface area contributed by atoms with E-state index in [0.29, 0.717) is 15.0 Å². The molecule has 0 spiro atoms. The lowest BCUT2D eigenvalue weighted by atomic mass is 10.1. The van der Waals surface area contributed by atoms with Crippen LogP contribution in [0.3, 0.4) is 0 Å². The monoisotopic (exact) mass is 573 g/mol. The number of nitrogens with one attached hydrogen (secondary N) is 3. The molecule has 0 aliphatic rings. The number of hydrogen-bond donors (Lipinski definition) is 3. The van der Waals surface area contributed by atoms with E-state index in [9.17, 15) is 27.6 Å². The van der Waals surface area contributed by atoms with Gasteiger partial charge in [0, 0.05) is 24.4 Å². The number of carbonyl (C=O) groups excluding carboxylic acids is 2. The summed E-state index contributed by atoms with van der Waals surface area (Å²) in [5.41, 5.74) is 2.16. The number of hydrogen-bond acceptors (Lipinski definition) is 4. The third-order valence-electron chi connectivity index (χ3n) is 6.79. The van der Waals surface area contributed by atoms with E-state index in [-0.39, 0.29) is 27.8 Å². The van der Waals surface area contributed by atoms with Crippen LogP contribution in [0.5, 0.6) is 0 Å². The van der Waals surface area contributed by atoms with Gasteiger partial charge in [0.2, 0.25) is 0 Å².